The molecule has 0 aromatic heterocycles. The predicted molar refractivity (Wildman–Crippen MR) is 39.8 cm³/mol. The summed E-state index contributed by atoms with van der Waals surface area (Å²) in [6, 6.07) is 2.19. The van der Waals surface area contributed by atoms with E-state index in [-0.39, 0.29) is 0 Å². The first kappa shape index (κ1) is 8.51. The summed E-state index contributed by atoms with van der Waals surface area (Å²) < 4.78 is 5.11. The molecule has 0 radical (unpaired) electrons. The second kappa shape index (κ2) is 3.21. The molecular weight excluding hydrogens is 142 g/mol. The van der Waals surface area contributed by atoms with Crippen LogP contribution in [0, 0.1) is 16.7 Å². The van der Waals surface area contributed by atoms with E-state index in [2.05, 4.69) is 6.07 Å². The fourth-order valence-electron chi connectivity index (χ4n) is 1.36. The Labute approximate surface area is 66.6 Å². The van der Waals surface area contributed by atoms with Crippen molar-refractivity contribution in [3.63, 3.8) is 0 Å². The third-order valence-electron chi connectivity index (χ3n) is 2.41. The quantitative estimate of drug-likeness (QED) is 0.606. The normalized spacial score (nSPS) is 25.5. The monoisotopic (exact) mass is 155 g/mol. The number of hydrogen-bond donors (Lipinski definition) is 1. The van der Waals surface area contributed by atoms with Crippen LogP contribution in [0.4, 0.5) is 0 Å². The van der Waals surface area contributed by atoms with Crippen molar-refractivity contribution in [2.24, 2.45) is 5.41 Å². The van der Waals surface area contributed by atoms with Crippen LogP contribution >= 0.6 is 0 Å². The van der Waals surface area contributed by atoms with Crippen molar-refractivity contribution in [2.75, 3.05) is 13.2 Å². The molecule has 0 saturated carbocycles. The van der Waals surface area contributed by atoms with Crippen LogP contribution < -0.4 is 0 Å². The number of hydrogen-bond acceptors (Lipinski definition) is 3. The van der Waals surface area contributed by atoms with E-state index in [1.165, 1.54) is 0 Å². The lowest BCUT2D eigenvalue weighted by atomic mass is 9.77. The second-order valence-corrected chi connectivity index (χ2v) is 3.06. The van der Waals surface area contributed by atoms with Crippen molar-refractivity contribution >= 4 is 0 Å². The SMILES string of the molecule is CC(O)C1(C#N)CCOCC1. The van der Waals surface area contributed by atoms with Gasteiger partial charge in [-0.15, -0.1) is 0 Å². The summed E-state index contributed by atoms with van der Waals surface area (Å²) in [4.78, 5) is 0. The van der Waals surface area contributed by atoms with Crippen molar-refractivity contribution in [3.05, 3.63) is 0 Å². The lowest BCUT2D eigenvalue weighted by molar-refractivity contribution is -0.0219. The summed E-state index contributed by atoms with van der Waals surface area (Å²) in [5.74, 6) is 0. The van der Waals surface area contributed by atoms with Gasteiger partial charge in [-0.25, -0.2) is 0 Å². The Kier molecular flexibility index (Phi) is 2.48. The molecule has 0 aliphatic carbocycles. The van der Waals surface area contributed by atoms with Gasteiger partial charge in [0, 0.05) is 13.2 Å². The minimum atomic E-state index is -0.545. The zero-order chi connectivity index (χ0) is 8.32. The van der Waals surface area contributed by atoms with Crippen LogP contribution in [0.3, 0.4) is 0 Å². The van der Waals surface area contributed by atoms with Crippen LogP contribution in [0.1, 0.15) is 19.8 Å². The van der Waals surface area contributed by atoms with Crippen LogP contribution in [-0.4, -0.2) is 24.4 Å². The van der Waals surface area contributed by atoms with Crippen molar-refractivity contribution in [2.45, 2.75) is 25.9 Å². The smallest absolute Gasteiger partial charge is 0.0873 e. The summed E-state index contributed by atoms with van der Waals surface area (Å²) in [6.45, 7) is 2.87. The van der Waals surface area contributed by atoms with E-state index in [4.69, 9.17) is 10.00 Å². The molecule has 1 N–H and O–H groups in total. The highest BCUT2D eigenvalue weighted by Crippen LogP contribution is 2.32. The number of rotatable bonds is 1. The highest BCUT2D eigenvalue weighted by atomic mass is 16.5. The van der Waals surface area contributed by atoms with E-state index < -0.39 is 11.5 Å². The summed E-state index contributed by atoms with van der Waals surface area (Å²) in [5, 5.41) is 18.2. The van der Waals surface area contributed by atoms with Gasteiger partial charge in [0.05, 0.1) is 17.6 Å². The van der Waals surface area contributed by atoms with E-state index in [0.29, 0.717) is 26.1 Å². The van der Waals surface area contributed by atoms with Crippen LogP contribution in [-0.2, 0) is 4.74 Å². The lowest BCUT2D eigenvalue weighted by Gasteiger charge is -2.32. The first-order valence-corrected chi connectivity index (χ1v) is 3.88. The Hall–Kier alpha value is -0.590. The molecule has 1 atom stereocenters. The standard InChI is InChI=1S/C8H13NO2/c1-7(10)8(6-9)2-4-11-5-3-8/h7,10H,2-5H2,1H3. The Morgan fingerprint density at radius 1 is 1.55 bits per heavy atom. The maximum atomic E-state index is 9.35. The van der Waals surface area contributed by atoms with Crippen molar-refractivity contribution in [1.82, 2.24) is 0 Å². The van der Waals surface area contributed by atoms with E-state index in [1.54, 1.807) is 6.92 Å². The molecule has 1 rings (SSSR count). The fraction of sp³-hybridized carbons (Fsp3) is 0.875. The number of ether oxygens (including phenoxy) is 1. The Morgan fingerprint density at radius 2 is 2.09 bits per heavy atom. The van der Waals surface area contributed by atoms with Crippen LogP contribution in [0.2, 0.25) is 0 Å². The van der Waals surface area contributed by atoms with Gasteiger partial charge in [0.25, 0.3) is 0 Å². The highest BCUT2D eigenvalue weighted by Gasteiger charge is 2.37. The van der Waals surface area contributed by atoms with E-state index in [1.807, 2.05) is 0 Å². The fourth-order valence-corrected chi connectivity index (χ4v) is 1.36. The molecule has 0 aromatic rings. The third kappa shape index (κ3) is 1.52. The summed E-state index contributed by atoms with van der Waals surface area (Å²) in [7, 11) is 0. The maximum Gasteiger partial charge on any atom is 0.0873 e. The van der Waals surface area contributed by atoms with Gasteiger partial charge in [-0.1, -0.05) is 0 Å². The lowest BCUT2D eigenvalue weighted by Crippen LogP contribution is -2.37. The van der Waals surface area contributed by atoms with E-state index in [9.17, 15) is 5.11 Å². The first-order valence-electron chi connectivity index (χ1n) is 3.88. The zero-order valence-electron chi connectivity index (χ0n) is 6.71. The average Bonchev–Trinajstić information content (AvgIpc) is 2.05. The first-order chi connectivity index (χ1) is 5.21. The van der Waals surface area contributed by atoms with Crippen LogP contribution in [0.5, 0.6) is 0 Å². The number of nitriles is 1. The maximum absolute atomic E-state index is 9.35. The van der Waals surface area contributed by atoms with E-state index in [0.717, 1.165) is 0 Å². The van der Waals surface area contributed by atoms with Crippen LogP contribution in [0.25, 0.3) is 0 Å². The number of aliphatic hydroxyl groups excluding tert-OH is 1. The Balaban J connectivity index is 2.67. The van der Waals surface area contributed by atoms with E-state index >= 15 is 0 Å². The van der Waals surface area contributed by atoms with Gasteiger partial charge >= 0.3 is 0 Å². The molecule has 1 saturated heterocycles. The second-order valence-electron chi connectivity index (χ2n) is 3.06. The molecule has 0 spiro atoms. The summed E-state index contributed by atoms with van der Waals surface area (Å²) in [6.07, 6.45) is 0.763. The minimum absolute atomic E-state index is 0.543. The van der Waals surface area contributed by atoms with Gasteiger partial charge < -0.3 is 9.84 Å². The molecule has 1 heterocycles. The molecule has 3 heteroatoms. The molecule has 1 unspecified atom stereocenters. The van der Waals surface area contributed by atoms with Crippen molar-refractivity contribution < 1.29 is 9.84 Å². The highest BCUT2D eigenvalue weighted by molar-refractivity contribution is 5.03. The van der Waals surface area contributed by atoms with Crippen molar-refractivity contribution in [1.29, 1.82) is 5.26 Å². The Morgan fingerprint density at radius 3 is 2.36 bits per heavy atom. The average molecular weight is 155 g/mol. The molecule has 1 fully saturated rings. The van der Waals surface area contributed by atoms with Gasteiger partial charge in [0.15, 0.2) is 0 Å². The summed E-state index contributed by atoms with van der Waals surface area (Å²) >= 11 is 0. The summed E-state index contributed by atoms with van der Waals surface area (Å²) in [5.41, 5.74) is -0.543. The number of nitrogens with zero attached hydrogens (tertiary/aromatic N) is 1. The molecule has 1 aliphatic rings. The van der Waals surface area contributed by atoms with Gasteiger partial charge in [0.2, 0.25) is 0 Å². The van der Waals surface area contributed by atoms with Gasteiger partial charge in [0.1, 0.15) is 0 Å². The molecule has 1 aliphatic heterocycles. The van der Waals surface area contributed by atoms with Crippen LogP contribution in [0.15, 0.2) is 0 Å². The molecular formula is C8H13NO2. The molecule has 0 bridgehead atoms. The molecule has 0 aromatic carbocycles. The van der Waals surface area contributed by atoms with Gasteiger partial charge in [-0.3, -0.25) is 0 Å². The predicted octanol–water partition coefficient (Wildman–Crippen LogP) is 0.688. The molecule has 62 valence electrons. The molecule has 0 amide bonds. The van der Waals surface area contributed by atoms with Gasteiger partial charge in [-0.05, 0) is 19.8 Å². The zero-order valence-corrected chi connectivity index (χ0v) is 6.71. The number of aliphatic hydroxyl groups is 1. The van der Waals surface area contributed by atoms with Crippen molar-refractivity contribution in [3.8, 4) is 6.07 Å². The minimum Gasteiger partial charge on any atom is -0.392 e. The Bertz CT molecular complexity index is 165. The largest absolute Gasteiger partial charge is 0.392 e. The third-order valence-corrected chi connectivity index (χ3v) is 2.41. The molecule has 11 heavy (non-hydrogen) atoms. The van der Waals surface area contributed by atoms with Gasteiger partial charge in [-0.2, -0.15) is 5.26 Å². The topological polar surface area (TPSA) is 53.2 Å². The molecule has 3 nitrogen and oxygen atoms in total.